The van der Waals surface area contributed by atoms with Gasteiger partial charge in [0.15, 0.2) is 0 Å². The topological polar surface area (TPSA) is 58.6 Å². The van der Waals surface area contributed by atoms with Crippen LogP contribution in [0.5, 0.6) is 5.75 Å². The van der Waals surface area contributed by atoms with E-state index in [1.54, 1.807) is 23.8 Å². The maximum absolute atomic E-state index is 12.7. The normalized spacial score (nSPS) is 20.1. The van der Waals surface area contributed by atoms with E-state index < -0.39 is 0 Å². The zero-order valence-corrected chi connectivity index (χ0v) is 15.0. The van der Waals surface area contributed by atoms with Crippen LogP contribution < -0.4 is 10.1 Å². The highest BCUT2D eigenvalue weighted by Crippen LogP contribution is 2.28. The van der Waals surface area contributed by atoms with Crippen LogP contribution >= 0.6 is 11.8 Å². The Morgan fingerprint density at radius 1 is 1.38 bits per heavy atom. The molecule has 1 unspecified atom stereocenters. The number of carbonyl (C=O) groups excluding carboxylic acids is 2. The molecular weight excluding hydrogens is 324 g/mol. The van der Waals surface area contributed by atoms with Crippen molar-refractivity contribution in [2.24, 2.45) is 5.92 Å². The van der Waals surface area contributed by atoms with Crippen LogP contribution in [-0.2, 0) is 16.0 Å². The third kappa shape index (κ3) is 4.04. The first-order valence-corrected chi connectivity index (χ1v) is 9.52. The average molecular weight is 348 g/mol. The number of nitrogens with one attached hydrogen (secondary N) is 1. The highest BCUT2D eigenvalue weighted by atomic mass is 32.2. The van der Waals surface area contributed by atoms with Gasteiger partial charge in [0.05, 0.1) is 19.4 Å². The van der Waals surface area contributed by atoms with E-state index >= 15 is 0 Å². The van der Waals surface area contributed by atoms with Gasteiger partial charge in [0.1, 0.15) is 11.8 Å². The van der Waals surface area contributed by atoms with E-state index in [0.29, 0.717) is 24.0 Å². The first kappa shape index (κ1) is 17.1. The van der Waals surface area contributed by atoms with Gasteiger partial charge < -0.3 is 15.0 Å². The summed E-state index contributed by atoms with van der Waals surface area (Å²) in [5.74, 6) is 2.68. The van der Waals surface area contributed by atoms with Gasteiger partial charge in [-0.3, -0.25) is 9.59 Å². The third-order valence-corrected chi connectivity index (χ3v) is 5.61. The van der Waals surface area contributed by atoms with Crippen molar-refractivity contribution < 1.29 is 14.3 Å². The number of hydrogen-bond donors (Lipinski definition) is 1. The summed E-state index contributed by atoms with van der Waals surface area (Å²) >= 11 is 1.64. The number of methoxy groups -OCH3 is 1. The molecule has 5 nitrogen and oxygen atoms in total. The minimum atomic E-state index is -0.339. The third-order valence-electron chi connectivity index (χ3n) is 4.60. The second-order valence-corrected chi connectivity index (χ2v) is 7.55. The summed E-state index contributed by atoms with van der Waals surface area (Å²) < 4.78 is 5.32. The number of aryl methyl sites for hydroxylation is 1. The molecule has 6 heteroatoms. The van der Waals surface area contributed by atoms with Crippen molar-refractivity contribution in [3.8, 4) is 5.75 Å². The van der Waals surface area contributed by atoms with Crippen LogP contribution in [0, 0.1) is 12.8 Å². The molecule has 0 spiro atoms. The highest BCUT2D eigenvalue weighted by molar-refractivity contribution is 7.99. The summed E-state index contributed by atoms with van der Waals surface area (Å²) in [4.78, 5) is 26.7. The first-order chi connectivity index (χ1) is 11.6. The molecule has 2 amide bonds. The second-order valence-electron chi connectivity index (χ2n) is 6.55. The molecule has 0 radical (unpaired) electrons. The maximum Gasteiger partial charge on any atom is 0.243 e. The fraction of sp³-hybridized carbons (Fsp3) is 0.556. The number of amides is 2. The molecule has 3 rings (SSSR count). The van der Waals surface area contributed by atoms with Gasteiger partial charge in [-0.05, 0) is 42.9 Å². The van der Waals surface area contributed by atoms with Gasteiger partial charge in [-0.25, -0.2) is 0 Å². The molecule has 130 valence electrons. The Bertz CT molecular complexity index is 631. The summed E-state index contributed by atoms with van der Waals surface area (Å²) in [5, 5.41) is 2.99. The molecule has 1 aromatic rings. The van der Waals surface area contributed by atoms with Crippen molar-refractivity contribution in [3.63, 3.8) is 0 Å². The number of nitrogens with zero attached hydrogens (tertiary/aromatic N) is 1. The molecule has 2 fully saturated rings. The Hall–Kier alpha value is -1.69. The largest absolute Gasteiger partial charge is 0.496 e. The Morgan fingerprint density at radius 3 is 2.88 bits per heavy atom. The Labute approximate surface area is 147 Å². The lowest BCUT2D eigenvalue weighted by Crippen LogP contribution is -2.48. The van der Waals surface area contributed by atoms with Gasteiger partial charge in [-0.2, -0.15) is 0 Å². The molecule has 24 heavy (non-hydrogen) atoms. The molecule has 1 aliphatic carbocycles. The summed E-state index contributed by atoms with van der Waals surface area (Å²) in [6, 6.07) is 5.47. The lowest BCUT2D eigenvalue weighted by atomic mass is 10.1. The zero-order chi connectivity index (χ0) is 17.1. The van der Waals surface area contributed by atoms with Crippen LogP contribution in [0.1, 0.15) is 24.0 Å². The van der Waals surface area contributed by atoms with Gasteiger partial charge in [0.25, 0.3) is 0 Å². The molecule has 2 aliphatic rings. The predicted octanol–water partition coefficient (Wildman–Crippen LogP) is 1.97. The molecule has 1 N–H and O–H groups in total. The highest BCUT2D eigenvalue weighted by Gasteiger charge is 2.35. The van der Waals surface area contributed by atoms with E-state index in [4.69, 9.17) is 4.74 Å². The van der Waals surface area contributed by atoms with Crippen LogP contribution in [0.15, 0.2) is 18.2 Å². The fourth-order valence-electron chi connectivity index (χ4n) is 2.84. The lowest BCUT2D eigenvalue weighted by molar-refractivity contribution is -0.137. The van der Waals surface area contributed by atoms with Crippen LogP contribution in [0.3, 0.4) is 0 Å². The minimum absolute atomic E-state index is 0.00234. The summed E-state index contributed by atoms with van der Waals surface area (Å²) in [5.41, 5.74) is 1.96. The second kappa shape index (κ2) is 7.47. The van der Waals surface area contributed by atoms with Crippen LogP contribution in [-0.4, -0.2) is 48.0 Å². The molecular formula is C18H24N2O3S. The van der Waals surface area contributed by atoms with E-state index in [1.807, 2.05) is 25.1 Å². The Morgan fingerprint density at radius 2 is 2.17 bits per heavy atom. The van der Waals surface area contributed by atoms with Crippen molar-refractivity contribution in [3.05, 3.63) is 29.3 Å². The van der Waals surface area contributed by atoms with Crippen LogP contribution in [0.25, 0.3) is 0 Å². The van der Waals surface area contributed by atoms with Crippen LogP contribution in [0.4, 0.5) is 0 Å². The summed E-state index contributed by atoms with van der Waals surface area (Å²) in [6.07, 6.45) is 2.71. The Balaban J connectivity index is 1.61. The van der Waals surface area contributed by atoms with Crippen molar-refractivity contribution >= 4 is 23.6 Å². The Kier molecular flexibility index (Phi) is 5.33. The van der Waals surface area contributed by atoms with Gasteiger partial charge in [0.2, 0.25) is 11.8 Å². The fourth-order valence-corrected chi connectivity index (χ4v) is 4.02. The van der Waals surface area contributed by atoms with Crippen molar-refractivity contribution in [1.29, 1.82) is 0 Å². The number of thioether (sulfide) groups is 1. The lowest BCUT2D eigenvalue weighted by Gasteiger charge is -2.23. The number of rotatable bonds is 6. The first-order valence-electron chi connectivity index (χ1n) is 8.37. The van der Waals surface area contributed by atoms with E-state index in [2.05, 4.69) is 5.32 Å². The monoisotopic (exact) mass is 348 g/mol. The summed E-state index contributed by atoms with van der Waals surface area (Å²) in [6.45, 7) is 2.72. The molecule has 1 heterocycles. The van der Waals surface area contributed by atoms with Gasteiger partial charge in [0, 0.05) is 12.3 Å². The number of carbonyl (C=O) groups is 2. The van der Waals surface area contributed by atoms with E-state index in [1.165, 1.54) is 12.8 Å². The SMILES string of the molecule is COc1cc(CC(=O)N2CSCC2C(=O)NCC2CC2)ccc1C. The van der Waals surface area contributed by atoms with Crippen molar-refractivity contribution in [1.82, 2.24) is 10.2 Å². The smallest absolute Gasteiger partial charge is 0.243 e. The van der Waals surface area contributed by atoms with Crippen LogP contribution in [0.2, 0.25) is 0 Å². The molecule has 1 saturated carbocycles. The molecule has 1 aliphatic heterocycles. The minimum Gasteiger partial charge on any atom is -0.496 e. The van der Waals surface area contributed by atoms with E-state index in [-0.39, 0.29) is 17.9 Å². The standard InChI is InChI=1S/C18H24N2O3S/c1-12-3-4-14(7-16(12)23-2)8-17(21)20-11-24-10-15(20)18(22)19-9-13-5-6-13/h3-4,7,13,15H,5-6,8-11H2,1-2H3,(H,19,22). The van der Waals surface area contributed by atoms with E-state index in [9.17, 15) is 9.59 Å². The van der Waals surface area contributed by atoms with Gasteiger partial charge in [-0.15, -0.1) is 11.8 Å². The quantitative estimate of drug-likeness (QED) is 0.854. The van der Waals surface area contributed by atoms with Crippen molar-refractivity contribution in [2.45, 2.75) is 32.2 Å². The molecule has 0 aromatic heterocycles. The molecule has 1 saturated heterocycles. The average Bonchev–Trinajstić information content (AvgIpc) is 3.27. The molecule has 0 bridgehead atoms. The number of hydrogen-bond acceptors (Lipinski definition) is 4. The summed E-state index contributed by atoms with van der Waals surface area (Å²) in [7, 11) is 1.63. The number of benzene rings is 1. The maximum atomic E-state index is 12.7. The molecule has 1 aromatic carbocycles. The number of ether oxygens (including phenoxy) is 1. The van der Waals surface area contributed by atoms with Gasteiger partial charge in [-0.1, -0.05) is 12.1 Å². The van der Waals surface area contributed by atoms with E-state index in [0.717, 1.165) is 23.4 Å². The zero-order valence-electron chi connectivity index (χ0n) is 14.2. The van der Waals surface area contributed by atoms with Gasteiger partial charge >= 0.3 is 0 Å². The molecule has 1 atom stereocenters. The predicted molar refractivity (Wildman–Crippen MR) is 95.1 cm³/mol. The van der Waals surface area contributed by atoms with Crippen molar-refractivity contribution in [2.75, 3.05) is 25.3 Å².